The van der Waals surface area contributed by atoms with Crippen LogP contribution in [0.4, 0.5) is 0 Å². The van der Waals surface area contributed by atoms with Crippen molar-refractivity contribution in [2.24, 2.45) is 0 Å². The molecule has 0 aromatic heterocycles. The Morgan fingerprint density at radius 2 is 0.893 bits per heavy atom. The van der Waals surface area contributed by atoms with Crippen molar-refractivity contribution in [1.82, 2.24) is 0 Å². The van der Waals surface area contributed by atoms with Crippen LogP contribution in [0.1, 0.15) is 64.2 Å². The van der Waals surface area contributed by atoms with Gasteiger partial charge in [-0.05, 0) is 32.0 Å². The van der Waals surface area contributed by atoms with Gasteiger partial charge in [-0.25, -0.2) is 0 Å². The fourth-order valence-electron chi connectivity index (χ4n) is 2.92. The van der Waals surface area contributed by atoms with Crippen molar-refractivity contribution in [3.8, 4) is 0 Å². The Hall–Kier alpha value is 0.0169. The maximum Gasteiger partial charge on any atom is 0.186 e. The summed E-state index contributed by atoms with van der Waals surface area (Å²) >= 11 is 0. The lowest BCUT2D eigenvalue weighted by atomic mass is 10.1. The van der Waals surface area contributed by atoms with Gasteiger partial charge in [-0.3, -0.25) is 0 Å². The maximum absolute atomic E-state index is 5.67. The first-order valence-electron chi connectivity index (χ1n) is 11.4. The van der Waals surface area contributed by atoms with E-state index in [1.165, 1.54) is 63.8 Å². The van der Waals surface area contributed by atoms with Crippen LogP contribution in [0.25, 0.3) is 0 Å². The minimum atomic E-state index is -1.32. The number of unbranched alkanes of at least 4 members (excludes halogenated alkanes) is 8. The van der Waals surface area contributed by atoms with Gasteiger partial charge in [-0.2, -0.15) is 0 Å². The largest absolute Gasteiger partial charge is 0.420 e. The highest BCUT2D eigenvalue weighted by Crippen LogP contribution is 2.16. The number of hydrogen-bond donors (Lipinski definition) is 0. The summed E-state index contributed by atoms with van der Waals surface area (Å²) in [4.78, 5) is 0. The van der Waals surface area contributed by atoms with Crippen molar-refractivity contribution in [3.05, 3.63) is 0 Å². The molecule has 170 valence electrons. The van der Waals surface area contributed by atoms with Crippen LogP contribution in [0.5, 0.6) is 0 Å². The average molecular weight is 421 g/mol. The molecule has 0 heterocycles. The number of ether oxygens (including phenoxy) is 4. The van der Waals surface area contributed by atoms with Gasteiger partial charge in [0.05, 0.1) is 26.4 Å². The highest BCUT2D eigenvalue weighted by Gasteiger charge is 2.18. The maximum atomic E-state index is 5.67. The first kappa shape index (κ1) is 28.0. The number of hydrogen-bond acceptors (Lipinski definition) is 5. The van der Waals surface area contributed by atoms with Gasteiger partial charge in [0.2, 0.25) is 0 Å². The van der Waals surface area contributed by atoms with Gasteiger partial charge in [0.1, 0.15) is 0 Å². The molecule has 5 nitrogen and oxygen atoms in total. The van der Waals surface area contributed by atoms with Crippen molar-refractivity contribution in [2.75, 3.05) is 60.5 Å². The van der Waals surface area contributed by atoms with Gasteiger partial charge in [0, 0.05) is 34.0 Å². The van der Waals surface area contributed by atoms with E-state index in [0.717, 1.165) is 26.2 Å². The molecular formula is C22H48O5Si. The summed E-state index contributed by atoms with van der Waals surface area (Å²) in [5, 5.41) is 0. The van der Waals surface area contributed by atoms with E-state index in [9.17, 15) is 0 Å². The second kappa shape index (κ2) is 21.7. The fraction of sp³-hybridized carbons (Fsp3) is 1.00. The highest BCUT2D eigenvalue weighted by molar-refractivity contribution is 6.71. The molecule has 0 saturated carbocycles. The minimum absolute atomic E-state index is 0.637. The summed E-state index contributed by atoms with van der Waals surface area (Å²) in [7, 11) is 2.23. The zero-order chi connectivity index (χ0) is 20.8. The zero-order valence-corrected chi connectivity index (χ0v) is 20.3. The van der Waals surface area contributed by atoms with Crippen LogP contribution in [0.15, 0.2) is 0 Å². The minimum Gasteiger partial charge on any atom is -0.420 e. The molecule has 0 spiro atoms. The third-order valence-corrected chi connectivity index (χ3v) is 7.66. The topological polar surface area (TPSA) is 46.2 Å². The van der Waals surface area contributed by atoms with E-state index in [4.69, 9.17) is 23.4 Å². The van der Waals surface area contributed by atoms with E-state index in [1.807, 2.05) is 7.11 Å². The molecule has 0 aromatic rings. The molecule has 0 aliphatic heterocycles. The highest BCUT2D eigenvalue weighted by atomic mass is 28.4. The molecule has 0 amide bonds. The van der Waals surface area contributed by atoms with Crippen LogP contribution < -0.4 is 0 Å². The summed E-state index contributed by atoms with van der Waals surface area (Å²) in [6.45, 7) is 9.63. The van der Waals surface area contributed by atoms with Gasteiger partial charge in [0.15, 0.2) is 8.32 Å². The Bertz CT molecular complexity index is 303. The first-order chi connectivity index (χ1) is 13.6. The molecule has 28 heavy (non-hydrogen) atoms. The van der Waals surface area contributed by atoms with E-state index in [2.05, 4.69) is 13.1 Å². The predicted octanol–water partition coefficient (Wildman–Crippen LogP) is 5.44. The Morgan fingerprint density at radius 3 is 1.46 bits per heavy atom. The molecule has 0 N–H and O–H groups in total. The lowest BCUT2D eigenvalue weighted by molar-refractivity contribution is 0.0181. The number of methoxy groups -OCH3 is 1. The van der Waals surface area contributed by atoms with Crippen molar-refractivity contribution in [2.45, 2.75) is 83.3 Å². The standard InChI is InChI=1S/C22H48O5Si/c1-23-18-19-27-21-20-26-17-14-16-25-15-12-10-8-6-5-7-9-11-13-22-28(3,4)24-2/h5-22H2,1-4H3. The lowest BCUT2D eigenvalue weighted by Crippen LogP contribution is -2.27. The molecule has 0 atom stereocenters. The summed E-state index contributed by atoms with van der Waals surface area (Å²) in [5.41, 5.74) is 0. The van der Waals surface area contributed by atoms with Crippen molar-refractivity contribution in [3.63, 3.8) is 0 Å². The molecule has 0 bridgehead atoms. The monoisotopic (exact) mass is 420 g/mol. The quantitative estimate of drug-likeness (QED) is 0.163. The van der Waals surface area contributed by atoms with Crippen LogP contribution in [0.3, 0.4) is 0 Å². The smallest absolute Gasteiger partial charge is 0.186 e. The summed E-state index contributed by atoms with van der Waals surface area (Å²) < 4.78 is 27.0. The van der Waals surface area contributed by atoms with Crippen LogP contribution in [0, 0.1) is 0 Å². The van der Waals surface area contributed by atoms with E-state index < -0.39 is 8.32 Å². The summed E-state index contributed by atoms with van der Waals surface area (Å²) in [6.07, 6.45) is 13.0. The summed E-state index contributed by atoms with van der Waals surface area (Å²) in [6, 6.07) is 1.30. The van der Waals surface area contributed by atoms with Crippen molar-refractivity contribution < 1.29 is 23.4 Å². The molecule has 0 saturated heterocycles. The average Bonchev–Trinajstić information content (AvgIpc) is 2.69. The zero-order valence-electron chi connectivity index (χ0n) is 19.3. The van der Waals surface area contributed by atoms with Gasteiger partial charge in [-0.15, -0.1) is 0 Å². The summed E-state index contributed by atoms with van der Waals surface area (Å²) in [5.74, 6) is 0. The van der Waals surface area contributed by atoms with Gasteiger partial charge in [0.25, 0.3) is 0 Å². The fourth-order valence-corrected chi connectivity index (χ4v) is 4.23. The third kappa shape index (κ3) is 22.3. The third-order valence-electron chi connectivity index (χ3n) is 5.00. The van der Waals surface area contributed by atoms with Crippen molar-refractivity contribution in [1.29, 1.82) is 0 Å². The Balaban J connectivity index is 3.05. The molecular weight excluding hydrogens is 372 g/mol. The molecule has 0 rings (SSSR count). The number of rotatable bonds is 23. The Morgan fingerprint density at radius 1 is 0.464 bits per heavy atom. The normalized spacial score (nSPS) is 12.0. The SMILES string of the molecule is COCCOCCOCCCOCCCCCCCCCCC[Si](C)(C)OC. The second-order valence-corrected chi connectivity index (χ2v) is 12.5. The van der Waals surface area contributed by atoms with E-state index in [1.54, 1.807) is 7.11 Å². The molecule has 0 unspecified atom stereocenters. The second-order valence-electron chi connectivity index (χ2n) is 8.08. The predicted molar refractivity (Wildman–Crippen MR) is 120 cm³/mol. The van der Waals surface area contributed by atoms with Gasteiger partial charge >= 0.3 is 0 Å². The molecule has 0 fully saturated rings. The van der Waals surface area contributed by atoms with Gasteiger partial charge < -0.3 is 23.4 Å². The van der Waals surface area contributed by atoms with E-state index in [-0.39, 0.29) is 0 Å². The molecule has 6 heteroatoms. The Kier molecular flexibility index (Phi) is 21.7. The Labute approximate surface area is 175 Å². The van der Waals surface area contributed by atoms with Crippen LogP contribution >= 0.6 is 0 Å². The van der Waals surface area contributed by atoms with E-state index >= 15 is 0 Å². The molecule has 0 aromatic carbocycles. The van der Waals surface area contributed by atoms with Gasteiger partial charge in [-0.1, -0.05) is 51.4 Å². The van der Waals surface area contributed by atoms with Crippen LogP contribution in [-0.2, 0) is 23.4 Å². The molecule has 0 aliphatic carbocycles. The van der Waals surface area contributed by atoms with E-state index in [0.29, 0.717) is 26.4 Å². The lowest BCUT2D eigenvalue weighted by Gasteiger charge is -2.19. The molecule has 0 aliphatic rings. The van der Waals surface area contributed by atoms with Crippen molar-refractivity contribution >= 4 is 8.32 Å². The van der Waals surface area contributed by atoms with Crippen LogP contribution in [-0.4, -0.2) is 68.8 Å². The van der Waals surface area contributed by atoms with Crippen LogP contribution in [0.2, 0.25) is 19.1 Å². The first-order valence-corrected chi connectivity index (χ1v) is 14.5. The molecule has 0 radical (unpaired) electrons.